The number of benzene rings is 5. The van der Waals surface area contributed by atoms with Gasteiger partial charge in [-0.15, -0.1) is 0 Å². The smallest absolute Gasteiger partial charge is 0.324 e. The Bertz CT molecular complexity index is 3150. The highest BCUT2D eigenvalue weighted by Gasteiger charge is 2.54. The lowest BCUT2D eigenvalue weighted by atomic mass is 9.96. The topological polar surface area (TPSA) is 243 Å². The highest BCUT2D eigenvalue weighted by molar-refractivity contribution is 7.89. The lowest BCUT2D eigenvalue weighted by Gasteiger charge is -2.46. The fraction of sp³-hybridized carbons (Fsp3) is 0.431. The second-order valence-corrected chi connectivity index (χ2v) is 22.9. The first-order valence-corrected chi connectivity index (χ1v) is 30.1. The van der Waals surface area contributed by atoms with Crippen LogP contribution in [0.3, 0.4) is 0 Å². The lowest BCUT2D eigenvalue weighted by Crippen LogP contribution is -2.63. The third-order valence-corrected chi connectivity index (χ3v) is 16.3. The van der Waals surface area contributed by atoms with Crippen LogP contribution in [0.4, 0.5) is 0 Å². The number of rotatable bonds is 28. The minimum atomic E-state index is -4.61. The number of esters is 5. The van der Waals surface area contributed by atoms with Crippen molar-refractivity contribution in [2.75, 3.05) is 33.0 Å². The predicted octanol–water partition coefficient (Wildman–Crippen LogP) is 7.43. The Morgan fingerprint density at radius 1 is 0.483 bits per heavy atom. The van der Waals surface area contributed by atoms with E-state index in [4.69, 9.17) is 61.6 Å². The average molecular weight is 1220 g/mol. The maximum absolute atomic E-state index is 15.3. The van der Waals surface area contributed by atoms with Gasteiger partial charge in [0.05, 0.1) is 63.8 Å². The Labute approximate surface area is 507 Å². The summed E-state index contributed by atoms with van der Waals surface area (Å²) in [5.41, 5.74) is 4.56. The summed E-state index contributed by atoms with van der Waals surface area (Å²) in [6, 6.07) is 41.6. The first kappa shape index (κ1) is 65.7. The molecule has 12 atom stereocenters. The van der Waals surface area contributed by atoms with Crippen LogP contribution in [0.5, 0.6) is 0 Å². The standard InChI is InChI=1S/C65H75NO20S/c1-7-75-63(71)54-33-51(38-80-65-62(84-46(6)70)60(83-45(5)69)58(82-44(4)68)56(86-65)41-76-43(3)67)32-52(66(54)87(72,73)53-30-28-42(2)29-31-53)39-81-64-61(79-37-50-26-18-11-19-27-50)59(78-36-49-24-16-10-17-25-49)57(77-35-48-22-14-9-15-23-48)55(85-64)40-74-34-47-20-12-8-13-21-47/h8-32,52,54-62,64-65H,7,33-41H2,1-6H3/t52?,54?,55-,56-,57+,58-,59+,60+,61-,62-,64-,65-/m1/s1. The second-order valence-electron chi connectivity index (χ2n) is 21.1. The van der Waals surface area contributed by atoms with Crippen LogP contribution >= 0.6 is 0 Å². The summed E-state index contributed by atoms with van der Waals surface area (Å²) < 4.78 is 113. The first-order chi connectivity index (χ1) is 42.0. The van der Waals surface area contributed by atoms with Gasteiger partial charge in [0, 0.05) is 27.7 Å². The molecular weight excluding hydrogens is 1150 g/mol. The number of carbonyl (C=O) groups is 5. The molecule has 2 unspecified atom stereocenters. The zero-order valence-electron chi connectivity index (χ0n) is 49.5. The van der Waals surface area contributed by atoms with E-state index in [1.165, 1.54) is 12.1 Å². The Kier molecular flexibility index (Phi) is 24.3. The number of sulfonamides is 1. The molecule has 0 radical (unpaired) electrons. The van der Waals surface area contributed by atoms with Gasteiger partial charge in [0.2, 0.25) is 10.0 Å². The molecule has 0 bridgehead atoms. The van der Waals surface area contributed by atoms with Crippen molar-refractivity contribution in [1.29, 1.82) is 0 Å². The van der Waals surface area contributed by atoms with E-state index in [1.54, 1.807) is 25.1 Å². The number of carbonyl (C=O) groups excluding carboxylic acids is 5. The van der Waals surface area contributed by atoms with Crippen LogP contribution in [-0.2, 0) is 122 Å². The molecule has 3 heterocycles. The van der Waals surface area contributed by atoms with Gasteiger partial charge in [-0.1, -0.05) is 145 Å². The molecule has 3 aliphatic heterocycles. The van der Waals surface area contributed by atoms with Crippen molar-refractivity contribution in [1.82, 2.24) is 4.31 Å². The van der Waals surface area contributed by atoms with Gasteiger partial charge in [0.15, 0.2) is 30.9 Å². The second kappa shape index (κ2) is 32.1. The molecule has 3 aliphatic rings. The molecule has 0 saturated carbocycles. The molecule has 0 N–H and O–H groups in total. The van der Waals surface area contributed by atoms with Crippen molar-refractivity contribution in [3.8, 4) is 0 Å². The monoisotopic (exact) mass is 1220 g/mol. The van der Waals surface area contributed by atoms with Gasteiger partial charge in [0.1, 0.15) is 43.2 Å². The fourth-order valence-electron chi connectivity index (χ4n) is 10.4. The third kappa shape index (κ3) is 18.7. The number of hydrogen-bond acceptors (Lipinski definition) is 20. The summed E-state index contributed by atoms with van der Waals surface area (Å²) in [5.74, 6) is -4.14. The fourth-order valence-corrected chi connectivity index (χ4v) is 12.1. The molecule has 8 rings (SSSR count). The van der Waals surface area contributed by atoms with Gasteiger partial charge in [0.25, 0.3) is 0 Å². The quantitative estimate of drug-likeness (QED) is 0.0268. The van der Waals surface area contributed by atoms with E-state index in [0.29, 0.717) is 5.57 Å². The molecule has 2 fully saturated rings. The highest BCUT2D eigenvalue weighted by atomic mass is 32.2. The van der Waals surface area contributed by atoms with E-state index in [1.807, 2.05) is 128 Å². The van der Waals surface area contributed by atoms with Gasteiger partial charge in [-0.05, 0) is 60.2 Å². The van der Waals surface area contributed by atoms with Crippen molar-refractivity contribution in [2.45, 2.75) is 153 Å². The van der Waals surface area contributed by atoms with E-state index >= 15 is 8.42 Å². The molecule has 5 aromatic rings. The number of ether oxygens (including phenoxy) is 13. The molecule has 22 heteroatoms. The maximum atomic E-state index is 15.3. The van der Waals surface area contributed by atoms with Crippen molar-refractivity contribution < 1.29 is 94.0 Å². The Hall–Kier alpha value is -7.22. The molecule has 0 spiro atoms. The van der Waals surface area contributed by atoms with Crippen molar-refractivity contribution in [3.63, 3.8) is 0 Å². The largest absolute Gasteiger partial charge is 0.465 e. The van der Waals surface area contributed by atoms with Crippen LogP contribution in [0.1, 0.15) is 68.9 Å². The van der Waals surface area contributed by atoms with Crippen LogP contribution in [-0.4, -0.2) is 149 Å². The minimum absolute atomic E-state index is 0.0201. The zero-order valence-corrected chi connectivity index (χ0v) is 50.3. The van der Waals surface area contributed by atoms with E-state index in [2.05, 4.69) is 0 Å². The van der Waals surface area contributed by atoms with Gasteiger partial charge >= 0.3 is 29.8 Å². The molecule has 0 aliphatic carbocycles. The van der Waals surface area contributed by atoms with Crippen LogP contribution < -0.4 is 0 Å². The predicted molar refractivity (Wildman–Crippen MR) is 311 cm³/mol. The average Bonchev–Trinajstić information content (AvgIpc) is 1.61. The molecule has 5 aromatic carbocycles. The summed E-state index contributed by atoms with van der Waals surface area (Å²) in [7, 11) is -4.61. The SMILES string of the molecule is CCOC(=O)C1CC(CO[C@@H]2O[C@H](COC(C)=O)[C@@H](OC(C)=O)[C@H](OC(C)=O)[C@H]2OC(C)=O)=CC(CO[C@@H]2O[C@H](COCc3ccccc3)[C@H](OCc3ccccc3)[C@H](OCc3ccccc3)[C@H]2OCc2ccccc2)N1S(=O)(=O)c1ccc(C)cc1. The van der Waals surface area contributed by atoms with Crippen molar-refractivity contribution >= 4 is 39.9 Å². The molecule has 21 nitrogen and oxygen atoms in total. The Balaban J connectivity index is 1.20. The van der Waals surface area contributed by atoms with E-state index < -0.39 is 133 Å². The highest BCUT2D eigenvalue weighted by Crippen LogP contribution is 2.37. The van der Waals surface area contributed by atoms with Gasteiger partial charge < -0.3 is 61.6 Å². The van der Waals surface area contributed by atoms with Crippen LogP contribution in [0.2, 0.25) is 0 Å². The Morgan fingerprint density at radius 3 is 1.47 bits per heavy atom. The number of hydrogen-bond donors (Lipinski definition) is 0. The molecule has 87 heavy (non-hydrogen) atoms. The number of nitrogens with zero attached hydrogens (tertiary/aromatic N) is 1. The molecule has 2 saturated heterocycles. The zero-order chi connectivity index (χ0) is 61.9. The Morgan fingerprint density at radius 2 is 0.954 bits per heavy atom. The summed E-state index contributed by atoms with van der Waals surface area (Å²) in [5, 5.41) is 0. The molecule has 0 amide bonds. The number of aryl methyl sites for hydroxylation is 1. The summed E-state index contributed by atoms with van der Waals surface area (Å²) >= 11 is 0. The van der Waals surface area contributed by atoms with E-state index in [-0.39, 0.29) is 51.0 Å². The van der Waals surface area contributed by atoms with Gasteiger partial charge in [-0.2, -0.15) is 4.31 Å². The third-order valence-electron chi connectivity index (χ3n) is 14.3. The normalized spacial score (nSPS) is 24.9. The molecule has 466 valence electrons. The van der Waals surface area contributed by atoms with Crippen molar-refractivity contribution in [2.24, 2.45) is 0 Å². The lowest BCUT2D eigenvalue weighted by molar-refractivity contribution is -0.329. The molecule has 0 aromatic heterocycles. The molecular formula is C65H75NO20S. The van der Waals surface area contributed by atoms with E-state index in [9.17, 15) is 24.0 Å². The summed E-state index contributed by atoms with van der Waals surface area (Å²) in [6.07, 6.45) is -11.4. The van der Waals surface area contributed by atoms with Crippen LogP contribution in [0.25, 0.3) is 0 Å². The van der Waals surface area contributed by atoms with Crippen LogP contribution in [0, 0.1) is 6.92 Å². The van der Waals surface area contributed by atoms with Crippen molar-refractivity contribution in [3.05, 3.63) is 185 Å². The minimum Gasteiger partial charge on any atom is -0.465 e. The summed E-state index contributed by atoms with van der Waals surface area (Å²) in [4.78, 5) is 64.4. The first-order valence-electron chi connectivity index (χ1n) is 28.7. The van der Waals surface area contributed by atoms with Gasteiger partial charge in [-0.25, -0.2) is 8.42 Å². The van der Waals surface area contributed by atoms with E-state index in [0.717, 1.165) is 59.8 Å². The maximum Gasteiger partial charge on any atom is 0.324 e. The van der Waals surface area contributed by atoms with Gasteiger partial charge in [-0.3, -0.25) is 24.0 Å². The van der Waals surface area contributed by atoms with Crippen LogP contribution in [0.15, 0.2) is 162 Å². The summed E-state index contributed by atoms with van der Waals surface area (Å²) in [6.45, 7) is 6.80.